The number of aliphatic hydroxyl groups excluding tert-OH is 1. The van der Waals surface area contributed by atoms with E-state index >= 15 is 0 Å². The summed E-state index contributed by atoms with van der Waals surface area (Å²) in [6, 6.07) is 10.9. The third-order valence-electron chi connectivity index (χ3n) is 12.9. The quantitative estimate of drug-likeness (QED) is 0.0867. The molecule has 0 spiro atoms. The lowest BCUT2D eigenvalue weighted by Gasteiger charge is -2.28. The average molecular weight is 976 g/mol. The van der Waals surface area contributed by atoms with Gasteiger partial charge in [-0.05, 0) is 163 Å². The molecule has 69 heavy (non-hydrogen) atoms. The van der Waals surface area contributed by atoms with Crippen molar-refractivity contribution in [1.82, 2.24) is 0 Å². The summed E-state index contributed by atoms with van der Waals surface area (Å²) < 4.78 is 5.20. The Balaban J connectivity index is -0.000000240. The standard InChI is InChI=1S/C16H26.C11H24O.C11H24.C10H22O.C10H22.C9H20/c1-13(2)10-16(11-14(3)4)12-15-8-6-5-7-9-15;1-9(2)6-7-11(8-12-5)10(3)4;1-9(2)7-11(5,6)8-10(3)4;1-8(2)5-6-10(7-11)9(3)4;1-8(2)6-10(5)7-9(3)4;1-8(2)6-5-7-9(3)4/h5-9,13-14,16H,10-12H2,1-4H3;9-11H,6-8H2,1-5H3;9-10H,7-8H2,1-6H3;8-11H,5-7H2,1-4H3;8-10H,6-7H2,1-5H3;8-9H,5-7H2,1-4H3. The topological polar surface area (TPSA) is 29.5 Å². The number of benzene rings is 1. The lowest BCUT2D eigenvalue weighted by atomic mass is 9.78. The maximum atomic E-state index is 9.01. The van der Waals surface area contributed by atoms with Crippen LogP contribution in [0, 0.1) is 100 Å². The average Bonchev–Trinajstić information content (AvgIpc) is 3.15. The molecule has 2 unspecified atom stereocenters. The number of rotatable bonds is 29. The van der Waals surface area contributed by atoms with Crippen LogP contribution in [0.2, 0.25) is 0 Å². The summed E-state index contributed by atoms with van der Waals surface area (Å²) >= 11 is 0. The van der Waals surface area contributed by atoms with Crippen molar-refractivity contribution in [3.8, 4) is 0 Å². The van der Waals surface area contributed by atoms with Crippen LogP contribution in [0.4, 0.5) is 0 Å². The van der Waals surface area contributed by atoms with E-state index in [0.717, 1.165) is 89.5 Å². The molecule has 0 saturated heterocycles. The van der Waals surface area contributed by atoms with Crippen LogP contribution in [0.15, 0.2) is 30.3 Å². The summed E-state index contributed by atoms with van der Waals surface area (Å²) in [5.41, 5.74) is 2.04. The van der Waals surface area contributed by atoms with E-state index in [0.29, 0.717) is 23.9 Å². The van der Waals surface area contributed by atoms with Crippen molar-refractivity contribution in [3.63, 3.8) is 0 Å². The minimum Gasteiger partial charge on any atom is -0.396 e. The Labute approximate surface area is 441 Å². The van der Waals surface area contributed by atoms with Gasteiger partial charge < -0.3 is 9.84 Å². The van der Waals surface area contributed by atoms with Gasteiger partial charge in [0.2, 0.25) is 0 Å². The Bertz CT molecular complexity index is 1080. The van der Waals surface area contributed by atoms with Crippen molar-refractivity contribution in [2.24, 2.45) is 100 Å². The molecule has 0 aliphatic heterocycles. The van der Waals surface area contributed by atoms with E-state index in [4.69, 9.17) is 9.84 Å². The molecular formula is C67H138O2. The Morgan fingerprint density at radius 2 is 0.768 bits per heavy atom. The predicted octanol–water partition coefficient (Wildman–Crippen LogP) is 22.3. The Morgan fingerprint density at radius 3 is 1.04 bits per heavy atom. The first kappa shape index (κ1) is 77.0. The molecule has 0 fully saturated rings. The van der Waals surface area contributed by atoms with Gasteiger partial charge in [0.15, 0.2) is 0 Å². The van der Waals surface area contributed by atoms with E-state index in [2.05, 4.69) is 217 Å². The first-order valence-corrected chi connectivity index (χ1v) is 29.8. The molecule has 1 aromatic carbocycles. The van der Waals surface area contributed by atoms with Crippen molar-refractivity contribution in [1.29, 1.82) is 0 Å². The van der Waals surface area contributed by atoms with E-state index in [-0.39, 0.29) is 0 Å². The highest BCUT2D eigenvalue weighted by molar-refractivity contribution is 5.15. The first-order chi connectivity index (χ1) is 31.7. The molecule has 1 N–H and O–H groups in total. The van der Waals surface area contributed by atoms with Gasteiger partial charge in [-0.25, -0.2) is 0 Å². The van der Waals surface area contributed by atoms with Crippen LogP contribution in [0.25, 0.3) is 0 Å². The summed E-state index contributed by atoms with van der Waals surface area (Å²) in [5, 5.41) is 9.01. The molecule has 0 aliphatic rings. The zero-order chi connectivity index (χ0) is 54.9. The van der Waals surface area contributed by atoms with Crippen LogP contribution >= 0.6 is 0 Å². The highest BCUT2D eigenvalue weighted by atomic mass is 16.5. The molecule has 0 heterocycles. The van der Waals surface area contributed by atoms with Gasteiger partial charge in [0.25, 0.3) is 0 Å². The molecule has 0 aromatic heterocycles. The third-order valence-corrected chi connectivity index (χ3v) is 12.9. The van der Waals surface area contributed by atoms with Crippen LogP contribution in [-0.4, -0.2) is 25.4 Å². The Kier molecular flexibility index (Phi) is 53.7. The van der Waals surface area contributed by atoms with E-state index in [1.54, 1.807) is 7.11 Å². The van der Waals surface area contributed by atoms with Crippen LogP contribution in [-0.2, 0) is 11.2 Å². The molecular weight excluding hydrogens is 837 g/mol. The lowest BCUT2D eigenvalue weighted by Crippen LogP contribution is -2.16. The highest BCUT2D eigenvalue weighted by Crippen LogP contribution is 2.32. The van der Waals surface area contributed by atoms with Gasteiger partial charge in [0.05, 0.1) is 0 Å². The van der Waals surface area contributed by atoms with Crippen LogP contribution in [0.1, 0.15) is 276 Å². The van der Waals surface area contributed by atoms with Crippen molar-refractivity contribution >= 4 is 0 Å². The largest absolute Gasteiger partial charge is 0.396 e. The van der Waals surface area contributed by atoms with Crippen molar-refractivity contribution in [3.05, 3.63) is 35.9 Å². The fourth-order valence-corrected chi connectivity index (χ4v) is 10.0. The van der Waals surface area contributed by atoms with Gasteiger partial charge in [0.1, 0.15) is 0 Å². The smallest absolute Gasteiger partial charge is 0.0492 e. The summed E-state index contributed by atoms with van der Waals surface area (Å²) in [7, 11) is 1.80. The maximum Gasteiger partial charge on any atom is 0.0492 e. The lowest BCUT2D eigenvalue weighted by molar-refractivity contribution is 0.120. The van der Waals surface area contributed by atoms with Gasteiger partial charge in [-0.3, -0.25) is 0 Å². The highest BCUT2D eigenvalue weighted by Gasteiger charge is 2.20. The monoisotopic (exact) mass is 975 g/mol. The van der Waals surface area contributed by atoms with E-state index < -0.39 is 0 Å². The van der Waals surface area contributed by atoms with Gasteiger partial charge >= 0.3 is 0 Å². The second-order valence-corrected chi connectivity index (χ2v) is 27.8. The summed E-state index contributed by atoms with van der Waals surface area (Å²) in [6.07, 6.45) is 18.7. The number of aliphatic hydroxyl groups is 1. The van der Waals surface area contributed by atoms with Crippen molar-refractivity contribution in [2.75, 3.05) is 20.3 Å². The first-order valence-electron chi connectivity index (χ1n) is 29.8. The molecule has 418 valence electrons. The summed E-state index contributed by atoms with van der Waals surface area (Å²) in [6.45, 7) is 63.3. The fraction of sp³-hybridized carbons (Fsp3) is 0.910. The summed E-state index contributed by atoms with van der Waals surface area (Å²) in [4.78, 5) is 0. The maximum absolute atomic E-state index is 9.01. The van der Waals surface area contributed by atoms with Crippen LogP contribution in [0.5, 0.6) is 0 Å². The minimum absolute atomic E-state index is 0.352. The SMILES string of the molecule is CC(C)CC(C)(C)CC(C)C.CC(C)CC(C)CC(C)C.CC(C)CC(Cc1ccccc1)CC(C)C.CC(C)CCC(CO)C(C)C.CC(C)CCCC(C)C.COCC(CCC(C)C)C(C)C. The van der Waals surface area contributed by atoms with E-state index in [1.165, 1.54) is 95.5 Å². The van der Waals surface area contributed by atoms with Gasteiger partial charge in [-0.2, -0.15) is 0 Å². The van der Waals surface area contributed by atoms with Gasteiger partial charge in [0, 0.05) is 20.3 Å². The zero-order valence-electron chi connectivity index (χ0n) is 53.3. The fourth-order valence-electron chi connectivity index (χ4n) is 10.0. The van der Waals surface area contributed by atoms with Crippen molar-refractivity contribution < 1.29 is 9.84 Å². The zero-order valence-corrected chi connectivity index (χ0v) is 53.3. The second-order valence-electron chi connectivity index (χ2n) is 27.8. The third kappa shape index (κ3) is 65.1. The molecule has 2 heteroatoms. The molecule has 0 aliphatic carbocycles. The van der Waals surface area contributed by atoms with Gasteiger partial charge in [-0.15, -0.1) is 0 Å². The van der Waals surface area contributed by atoms with E-state index in [9.17, 15) is 0 Å². The normalized spacial score (nSPS) is 12.8. The van der Waals surface area contributed by atoms with E-state index in [1.807, 2.05) is 0 Å². The van der Waals surface area contributed by atoms with Crippen molar-refractivity contribution in [2.45, 2.75) is 277 Å². The predicted molar refractivity (Wildman–Crippen MR) is 321 cm³/mol. The molecule has 0 radical (unpaired) electrons. The second kappa shape index (κ2) is 48.1. The minimum atomic E-state index is 0.352. The molecule has 0 saturated carbocycles. The Hall–Kier alpha value is -0.860. The number of hydrogen-bond donors (Lipinski definition) is 1. The molecule has 0 amide bonds. The molecule has 1 aromatic rings. The molecule has 2 atom stereocenters. The Morgan fingerprint density at radius 1 is 0.420 bits per heavy atom. The number of methoxy groups -OCH3 is 1. The summed E-state index contributed by atoms with van der Waals surface area (Å²) in [5.74, 6) is 12.8. The van der Waals surface area contributed by atoms with Crippen LogP contribution in [0.3, 0.4) is 0 Å². The number of hydrogen-bond acceptors (Lipinski definition) is 2. The van der Waals surface area contributed by atoms with Gasteiger partial charge in [-0.1, -0.05) is 249 Å². The molecule has 0 bridgehead atoms. The number of ether oxygens (including phenoxy) is 1. The molecule has 1 rings (SSSR count). The molecule has 2 nitrogen and oxygen atoms in total. The van der Waals surface area contributed by atoms with Crippen LogP contribution < -0.4 is 0 Å².